The fourth-order valence-corrected chi connectivity index (χ4v) is 6.60. The third-order valence-electron chi connectivity index (χ3n) is 9.28. The molecule has 1 aromatic heterocycles. The fraction of sp³-hybridized carbons (Fsp3) is 0.645. The highest BCUT2D eigenvalue weighted by Crippen LogP contribution is 2.33. The molecule has 2 saturated heterocycles. The minimum Gasteiger partial charge on any atom is -0.390 e. The second kappa shape index (κ2) is 12.6. The van der Waals surface area contributed by atoms with Crippen molar-refractivity contribution in [2.75, 3.05) is 50.4 Å². The summed E-state index contributed by atoms with van der Waals surface area (Å²) < 4.78 is 0. The molecule has 2 aromatic rings. The smallest absolute Gasteiger partial charge is 0.271 e. The monoisotopic (exact) mass is 564 g/mol. The van der Waals surface area contributed by atoms with Crippen LogP contribution in [0.15, 0.2) is 18.2 Å². The molecule has 1 aliphatic carbocycles. The summed E-state index contributed by atoms with van der Waals surface area (Å²) in [6.07, 6.45) is 6.10. The summed E-state index contributed by atoms with van der Waals surface area (Å²) in [5, 5.41) is 21.0. The summed E-state index contributed by atoms with van der Waals surface area (Å²) in [5.74, 6) is 0.420. The van der Waals surface area contributed by atoms with E-state index in [1.165, 1.54) is 17.5 Å². The molecule has 1 aromatic carbocycles. The van der Waals surface area contributed by atoms with Crippen LogP contribution in [-0.4, -0.2) is 88.2 Å². The van der Waals surface area contributed by atoms with E-state index < -0.39 is 11.5 Å². The molecule has 0 bridgehead atoms. The number of likely N-dealkylation sites (N-methyl/N-ethyl adjacent to an activating group) is 1. The van der Waals surface area contributed by atoms with Gasteiger partial charge in [0.2, 0.25) is 0 Å². The third-order valence-corrected chi connectivity index (χ3v) is 9.28. The van der Waals surface area contributed by atoms with Gasteiger partial charge in [0.25, 0.3) is 5.91 Å². The number of anilines is 3. The van der Waals surface area contributed by atoms with E-state index in [1.54, 1.807) is 0 Å². The maximum absolute atomic E-state index is 12.4. The molecule has 10 heteroatoms. The van der Waals surface area contributed by atoms with Crippen LogP contribution in [0.1, 0.15) is 85.7 Å². The predicted octanol–water partition coefficient (Wildman–Crippen LogP) is 3.34. The van der Waals surface area contributed by atoms with Crippen molar-refractivity contribution >= 4 is 23.2 Å². The van der Waals surface area contributed by atoms with Gasteiger partial charge in [-0.05, 0) is 95.6 Å². The molecule has 3 aliphatic rings. The van der Waals surface area contributed by atoms with Crippen LogP contribution >= 0.6 is 0 Å². The minimum atomic E-state index is -0.608. The van der Waals surface area contributed by atoms with Gasteiger partial charge in [-0.25, -0.2) is 9.97 Å². The largest absolute Gasteiger partial charge is 0.390 e. The topological polar surface area (TPSA) is 132 Å². The highest BCUT2D eigenvalue weighted by Gasteiger charge is 2.31. The van der Waals surface area contributed by atoms with E-state index in [-0.39, 0.29) is 11.7 Å². The first-order valence-corrected chi connectivity index (χ1v) is 15.3. The average Bonchev–Trinajstić information content (AvgIpc) is 2.95. The van der Waals surface area contributed by atoms with Crippen LogP contribution in [0.25, 0.3) is 0 Å². The molecule has 1 amide bonds. The van der Waals surface area contributed by atoms with Crippen molar-refractivity contribution < 1.29 is 9.90 Å². The van der Waals surface area contributed by atoms with Crippen molar-refractivity contribution in [2.45, 2.75) is 89.4 Å². The number of aliphatic hydroxyl groups is 1. The Morgan fingerprint density at radius 1 is 1.15 bits per heavy atom. The molecule has 0 radical (unpaired) electrons. The molecule has 3 fully saturated rings. The van der Waals surface area contributed by atoms with Gasteiger partial charge >= 0.3 is 0 Å². The third kappa shape index (κ3) is 7.17. The molecule has 1 saturated carbocycles. The number of carbonyl (C=O) groups is 1. The van der Waals surface area contributed by atoms with Crippen molar-refractivity contribution in [3.8, 4) is 0 Å². The summed E-state index contributed by atoms with van der Waals surface area (Å²) in [5.41, 5.74) is 9.34. The van der Waals surface area contributed by atoms with E-state index >= 15 is 0 Å². The number of piperidine rings is 1. The lowest BCUT2D eigenvalue weighted by Gasteiger charge is -2.42. The van der Waals surface area contributed by atoms with Crippen LogP contribution in [0.4, 0.5) is 17.3 Å². The molecule has 2 atom stereocenters. The molecule has 3 heterocycles. The van der Waals surface area contributed by atoms with Gasteiger partial charge in [0, 0.05) is 50.0 Å². The van der Waals surface area contributed by atoms with Gasteiger partial charge in [-0.1, -0.05) is 13.0 Å². The number of aromatic nitrogens is 2. The van der Waals surface area contributed by atoms with Crippen molar-refractivity contribution in [1.82, 2.24) is 25.1 Å². The number of amides is 1. The number of hydrogen-bond donors (Lipinski definition) is 5. The first-order valence-electron chi connectivity index (χ1n) is 15.3. The number of primary amides is 1. The zero-order valence-corrected chi connectivity index (χ0v) is 25.2. The van der Waals surface area contributed by atoms with Crippen molar-refractivity contribution in [3.05, 3.63) is 40.7 Å². The van der Waals surface area contributed by atoms with Crippen LogP contribution in [0.2, 0.25) is 0 Å². The Balaban J connectivity index is 1.32. The number of nitrogens with one attached hydrogen (secondary N) is 3. The Hall–Kier alpha value is -2.79. The van der Waals surface area contributed by atoms with Gasteiger partial charge in [-0.2, -0.15) is 0 Å². The van der Waals surface area contributed by atoms with Crippen LogP contribution in [0, 0.1) is 6.92 Å². The summed E-state index contributed by atoms with van der Waals surface area (Å²) in [7, 11) is 2.21. The van der Waals surface area contributed by atoms with Gasteiger partial charge in [-0.3, -0.25) is 9.69 Å². The maximum Gasteiger partial charge on any atom is 0.271 e. The number of carbonyl (C=O) groups excluding carboxylic acids is 1. The molecule has 10 nitrogen and oxygen atoms in total. The second-order valence-electron chi connectivity index (χ2n) is 12.6. The van der Waals surface area contributed by atoms with Gasteiger partial charge in [0.15, 0.2) is 11.5 Å². The van der Waals surface area contributed by atoms with Crippen LogP contribution in [0.3, 0.4) is 0 Å². The van der Waals surface area contributed by atoms with Crippen molar-refractivity contribution in [1.29, 1.82) is 0 Å². The standard InChI is InChI=1S/C31H48N8O2/c1-5-25-29(34-21-8-11-31(3,41)12-9-21)37-30(27(36-25)28(32)40)35-22-6-7-24(20(2)18-22)26-19-23(10-13-33-26)39-16-14-38(4)15-17-39/h6-7,18,21,23,26,33,41H,5,8-17,19H2,1-4H3,(H2,32,40)(H2,34,35,37)/t21-,23?,26?,31+. The molecule has 5 rings (SSSR count). The highest BCUT2D eigenvalue weighted by atomic mass is 16.3. The molecule has 224 valence electrons. The Kier molecular flexibility index (Phi) is 9.13. The van der Waals surface area contributed by atoms with Gasteiger partial charge in [-0.15, -0.1) is 0 Å². The van der Waals surface area contributed by atoms with E-state index in [0.29, 0.717) is 35.8 Å². The first kappa shape index (κ1) is 29.7. The number of benzene rings is 1. The predicted molar refractivity (Wildman–Crippen MR) is 164 cm³/mol. The minimum absolute atomic E-state index is 0.143. The van der Waals surface area contributed by atoms with Crippen molar-refractivity contribution in [2.24, 2.45) is 5.73 Å². The summed E-state index contributed by atoms with van der Waals surface area (Å²) in [6, 6.07) is 7.49. The van der Waals surface area contributed by atoms with E-state index in [9.17, 15) is 9.90 Å². The second-order valence-corrected chi connectivity index (χ2v) is 12.6. The van der Waals surface area contributed by atoms with Gasteiger partial charge in [0.05, 0.1) is 11.3 Å². The van der Waals surface area contributed by atoms with E-state index in [1.807, 2.05) is 13.8 Å². The highest BCUT2D eigenvalue weighted by molar-refractivity contribution is 5.96. The van der Waals surface area contributed by atoms with Gasteiger partial charge in [0.1, 0.15) is 5.82 Å². The lowest BCUT2D eigenvalue weighted by molar-refractivity contribution is 0.0196. The SMILES string of the molecule is CCc1nc(C(N)=O)c(Nc2ccc(C3CC(N4CCN(C)CC4)CCN3)c(C)c2)nc1N[C@H]1CC[C@@](C)(O)CC1. The van der Waals surface area contributed by atoms with Crippen molar-refractivity contribution in [3.63, 3.8) is 0 Å². The molecule has 41 heavy (non-hydrogen) atoms. The van der Waals surface area contributed by atoms with E-state index in [0.717, 1.165) is 70.5 Å². The van der Waals surface area contributed by atoms with E-state index in [4.69, 9.17) is 10.7 Å². The van der Waals surface area contributed by atoms with E-state index in [2.05, 4.69) is 62.9 Å². The summed E-state index contributed by atoms with van der Waals surface area (Å²) in [6.45, 7) is 11.6. The number of piperazine rings is 1. The Morgan fingerprint density at radius 3 is 2.54 bits per heavy atom. The summed E-state index contributed by atoms with van der Waals surface area (Å²) >= 11 is 0. The summed E-state index contributed by atoms with van der Waals surface area (Å²) in [4.78, 5) is 26.9. The molecule has 2 aliphatic heterocycles. The maximum atomic E-state index is 12.4. The molecule has 0 spiro atoms. The Morgan fingerprint density at radius 2 is 1.88 bits per heavy atom. The normalized spacial score (nSPS) is 27.9. The molecule has 6 N–H and O–H groups in total. The zero-order chi connectivity index (χ0) is 29.1. The van der Waals surface area contributed by atoms with Crippen LogP contribution < -0.4 is 21.7 Å². The Bertz CT molecular complexity index is 1220. The Labute approximate surface area is 244 Å². The average molecular weight is 565 g/mol. The number of nitrogens with zero attached hydrogens (tertiary/aromatic N) is 4. The number of nitrogens with two attached hydrogens (primary N) is 1. The molecular weight excluding hydrogens is 516 g/mol. The first-order chi connectivity index (χ1) is 19.6. The lowest BCUT2D eigenvalue weighted by atomic mass is 9.83. The quantitative estimate of drug-likeness (QED) is 0.328. The lowest BCUT2D eigenvalue weighted by Crippen LogP contribution is -2.52. The van der Waals surface area contributed by atoms with Crippen LogP contribution in [0.5, 0.6) is 0 Å². The van der Waals surface area contributed by atoms with Gasteiger partial charge < -0.3 is 31.7 Å². The number of hydrogen-bond acceptors (Lipinski definition) is 9. The molecule has 2 unspecified atom stereocenters. The number of aryl methyl sites for hydroxylation is 2. The number of rotatable bonds is 8. The molecular formula is C31H48N8O2. The van der Waals surface area contributed by atoms with Crippen LogP contribution in [-0.2, 0) is 6.42 Å². The fourth-order valence-electron chi connectivity index (χ4n) is 6.60. The zero-order valence-electron chi connectivity index (χ0n) is 25.2.